The van der Waals surface area contributed by atoms with Gasteiger partial charge in [0, 0.05) is 11.5 Å². The van der Waals surface area contributed by atoms with E-state index < -0.39 is 17.6 Å². The van der Waals surface area contributed by atoms with Crippen LogP contribution in [-0.2, 0) is 4.74 Å². The number of rotatable bonds is 2. The number of carbonyl (C=O) groups excluding carboxylic acids is 1. The Labute approximate surface area is 130 Å². The summed E-state index contributed by atoms with van der Waals surface area (Å²) in [5, 5.41) is 9.49. The number of hydrogen-bond donors (Lipinski definition) is 1. The minimum Gasteiger partial charge on any atom is -0.465 e. The van der Waals surface area contributed by atoms with Crippen LogP contribution in [0.1, 0.15) is 63.0 Å². The number of carbonyl (C=O) groups is 2. The molecule has 0 aromatic carbocycles. The number of anilines is 1. The third-order valence-corrected chi connectivity index (χ3v) is 3.87. The van der Waals surface area contributed by atoms with Crippen LogP contribution in [0.4, 0.5) is 10.6 Å². The number of hydrogen-bond acceptors (Lipinski definition) is 4. The topological polar surface area (TPSA) is 79.7 Å². The fourth-order valence-corrected chi connectivity index (χ4v) is 2.83. The zero-order chi connectivity index (χ0) is 16.7. The number of amides is 1. The van der Waals surface area contributed by atoms with Crippen molar-refractivity contribution in [3.63, 3.8) is 0 Å². The highest BCUT2D eigenvalue weighted by molar-refractivity contribution is 5.93. The molecule has 0 aliphatic carbocycles. The first-order valence-electron chi connectivity index (χ1n) is 7.42. The SMILES string of the molecule is CCC1c2nc(N(C(=O)O)C(C)(C)C)ccc2C(=O)OC1C. The van der Waals surface area contributed by atoms with Gasteiger partial charge in [-0.05, 0) is 46.2 Å². The Kier molecular flexibility index (Phi) is 4.13. The largest absolute Gasteiger partial charge is 0.465 e. The quantitative estimate of drug-likeness (QED) is 0.847. The minimum atomic E-state index is -1.07. The Bertz CT molecular complexity index is 607. The first-order valence-corrected chi connectivity index (χ1v) is 7.42. The zero-order valence-corrected chi connectivity index (χ0v) is 13.6. The van der Waals surface area contributed by atoms with Gasteiger partial charge in [-0.2, -0.15) is 0 Å². The monoisotopic (exact) mass is 306 g/mol. The maximum atomic E-state index is 12.0. The molecule has 2 heterocycles. The summed E-state index contributed by atoms with van der Waals surface area (Å²) < 4.78 is 5.32. The van der Waals surface area contributed by atoms with Crippen LogP contribution in [-0.4, -0.2) is 33.8 Å². The predicted molar refractivity (Wildman–Crippen MR) is 82.4 cm³/mol. The van der Waals surface area contributed by atoms with E-state index >= 15 is 0 Å². The average Bonchev–Trinajstić information content (AvgIpc) is 2.36. The van der Waals surface area contributed by atoms with E-state index in [4.69, 9.17) is 4.74 Å². The van der Waals surface area contributed by atoms with E-state index in [0.717, 1.165) is 6.42 Å². The van der Waals surface area contributed by atoms with Crippen LogP contribution in [0.15, 0.2) is 12.1 Å². The molecule has 2 rings (SSSR count). The minimum absolute atomic E-state index is 0.0248. The van der Waals surface area contributed by atoms with Gasteiger partial charge in [-0.15, -0.1) is 0 Å². The summed E-state index contributed by atoms with van der Waals surface area (Å²) in [6.07, 6.45) is -0.569. The lowest BCUT2D eigenvalue weighted by Gasteiger charge is -2.34. The molecule has 120 valence electrons. The Balaban J connectivity index is 2.56. The van der Waals surface area contributed by atoms with Crippen molar-refractivity contribution in [1.29, 1.82) is 0 Å². The molecule has 1 N–H and O–H groups in total. The molecule has 1 aromatic heterocycles. The van der Waals surface area contributed by atoms with Crippen LogP contribution in [0.2, 0.25) is 0 Å². The third-order valence-electron chi connectivity index (χ3n) is 3.87. The van der Waals surface area contributed by atoms with E-state index in [2.05, 4.69) is 4.98 Å². The Hall–Kier alpha value is -2.11. The normalized spacial score (nSPS) is 21.0. The summed E-state index contributed by atoms with van der Waals surface area (Å²) in [6.45, 7) is 9.24. The van der Waals surface area contributed by atoms with Crippen LogP contribution in [0, 0.1) is 0 Å². The van der Waals surface area contributed by atoms with Gasteiger partial charge in [0.2, 0.25) is 0 Å². The van der Waals surface area contributed by atoms with Gasteiger partial charge in [0.05, 0.1) is 11.3 Å². The maximum Gasteiger partial charge on any atom is 0.413 e. The lowest BCUT2D eigenvalue weighted by atomic mass is 9.90. The highest BCUT2D eigenvalue weighted by atomic mass is 16.5. The molecular weight excluding hydrogens is 284 g/mol. The zero-order valence-electron chi connectivity index (χ0n) is 13.6. The van der Waals surface area contributed by atoms with Gasteiger partial charge in [-0.1, -0.05) is 6.92 Å². The molecular formula is C16H22N2O4. The number of nitrogens with zero attached hydrogens (tertiary/aromatic N) is 2. The van der Waals surface area contributed by atoms with Gasteiger partial charge in [0.15, 0.2) is 0 Å². The van der Waals surface area contributed by atoms with E-state index in [1.54, 1.807) is 32.9 Å². The van der Waals surface area contributed by atoms with Crippen molar-refractivity contribution in [3.8, 4) is 0 Å². The van der Waals surface area contributed by atoms with Gasteiger partial charge in [0.25, 0.3) is 0 Å². The Morgan fingerprint density at radius 3 is 2.55 bits per heavy atom. The molecule has 22 heavy (non-hydrogen) atoms. The van der Waals surface area contributed by atoms with Crippen molar-refractivity contribution in [3.05, 3.63) is 23.4 Å². The fourth-order valence-electron chi connectivity index (χ4n) is 2.83. The Morgan fingerprint density at radius 2 is 2.05 bits per heavy atom. The van der Waals surface area contributed by atoms with Crippen LogP contribution in [0.3, 0.4) is 0 Å². The van der Waals surface area contributed by atoms with E-state index in [9.17, 15) is 14.7 Å². The molecule has 1 aliphatic rings. The first-order chi connectivity index (χ1) is 10.2. The highest BCUT2D eigenvalue weighted by Crippen LogP contribution is 2.34. The smallest absolute Gasteiger partial charge is 0.413 e. The van der Waals surface area contributed by atoms with Gasteiger partial charge in [-0.3, -0.25) is 4.90 Å². The molecule has 0 radical (unpaired) electrons. The lowest BCUT2D eigenvalue weighted by Crippen LogP contribution is -2.46. The molecule has 0 spiro atoms. The standard InChI is InChI=1S/C16H22N2O4/c1-6-10-9(2)22-14(19)11-7-8-12(17-13(10)11)18(15(20)21)16(3,4)5/h7-10H,6H2,1-5H3,(H,20,21). The van der Waals surface area contributed by atoms with Crippen LogP contribution in [0.5, 0.6) is 0 Å². The molecule has 1 aliphatic heterocycles. The van der Waals surface area contributed by atoms with Crippen molar-refractivity contribution in [2.75, 3.05) is 4.90 Å². The maximum absolute atomic E-state index is 12.0. The molecule has 6 nitrogen and oxygen atoms in total. The van der Waals surface area contributed by atoms with Crippen LogP contribution >= 0.6 is 0 Å². The van der Waals surface area contributed by atoms with Gasteiger partial charge in [0.1, 0.15) is 11.9 Å². The second kappa shape index (κ2) is 5.59. The number of carboxylic acid groups (broad SMARTS) is 1. The molecule has 0 fully saturated rings. The average molecular weight is 306 g/mol. The van der Waals surface area contributed by atoms with Gasteiger partial charge >= 0.3 is 12.1 Å². The predicted octanol–water partition coefficient (Wildman–Crippen LogP) is 3.42. The fraction of sp³-hybridized carbons (Fsp3) is 0.562. The molecule has 2 unspecified atom stereocenters. The summed E-state index contributed by atoms with van der Waals surface area (Å²) in [5.74, 6) is -0.0914. The number of esters is 1. The van der Waals surface area contributed by atoms with Crippen molar-refractivity contribution in [1.82, 2.24) is 4.98 Å². The van der Waals surface area contributed by atoms with Crippen LogP contribution < -0.4 is 4.90 Å². The van der Waals surface area contributed by atoms with E-state index in [0.29, 0.717) is 17.1 Å². The summed E-state index contributed by atoms with van der Waals surface area (Å²) >= 11 is 0. The molecule has 2 atom stereocenters. The molecule has 0 saturated heterocycles. The lowest BCUT2D eigenvalue weighted by molar-refractivity contribution is 0.0215. The van der Waals surface area contributed by atoms with E-state index in [1.165, 1.54) is 4.90 Å². The summed E-state index contributed by atoms with van der Waals surface area (Å²) in [6, 6.07) is 3.17. The summed E-state index contributed by atoms with van der Waals surface area (Å²) in [7, 11) is 0. The molecule has 0 bridgehead atoms. The molecule has 6 heteroatoms. The van der Waals surface area contributed by atoms with Crippen molar-refractivity contribution >= 4 is 17.9 Å². The number of cyclic esters (lactones) is 1. The number of ether oxygens (including phenoxy) is 1. The molecule has 1 aromatic rings. The van der Waals surface area contributed by atoms with Crippen LogP contribution in [0.25, 0.3) is 0 Å². The summed E-state index contributed by atoms with van der Waals surface area (Å²) in [5.41, 5.74) is 0.419. The second-order valence-electron chi connectivity index (χ2n) is 6.52. The molecule has 0 saturated carbocycles. The summed E-state index contributed by atoms with van der Waals surface area (Å²) in [4.78, 5) is 29.3. The number of pyridine rings is 1. The van der Waals surface area contributed by atoms with Crippen molar-refractivity contribution in [2.45, 2.75) is 58.6 Å². The first kappa shape index (κ1) is 16.3. The van der Waals surface area contributed by atoms with E-state index in [-0.39, 0.29) is 12.0 Å². The van der Waals surface area contributed by atoms with Gasteiger partial charge < -0.3 is 9.84 Å². The second-order valence-corrected chi connectivity index (χ2v) is 6.52. The number of aromatic nitrogens is 1. The third kappa shape index (κ3) is 2.77. The highest BCUT2D eigenvalue weighted by Gasteiger charge is 2.35. The van der Waals surface area contributed by atoms with Crippen molar-refractivity contribution < 1.29 is 19.4 Å². The Morgan fingerprint density at radius 1 is 1.41 bits per heavy atom. The number of fused-ring (bicyclic) bond motifs is 1. The van der Waals surface area contributed by atoms with Gasteiger partial charge in [-0.25, -0.2) is 14.6 Å². The van der Waals surface area contributed by atoms with Crippen molar-refractivity contribution in [2.24, 2.45) is 0 Å². The van der Waals surface area contributed by atoms with E-state index in [1.807, 2.05) is 13.8 Å². The molecule has 1 amide bonds.